The molecule has 3 aromatic rings. The van der Waals surface area contributed by atoms with Crippen LogP contribution in [0.3, 0.4) is 0 Å². The summed E-state index contributed by atoms with van der Waals surface area (Å²) in [4.78, 5) is 28.3. The fourth-order valence-electron chi connectivity index (χ4n) is 1.83. The number of carboxylic acid groups (broad SMARTS) is 1. The Labute approximate surface area is 129 Å². The van der Waals surface area contributed by atoms with Gasteiger partial charge in [-0.2, -0.15) is 0 Å². The summed E-state index contributed by atoms with van der Waals surface area (Å²) >= 11 is 1.02. The highest BCUT2D eigenvalue weighted by Gasteiger charge is 2.20. The summed E-state index contributed by atoms with van der Waals surface area (Å²) < 4.78 is 0. The lowest BCUT2D eigenvalue weighted by atomic mass is 10.2. The van der Waals surface area contributed by atoms with E-state index in [9.17, 15) is 9.90 Å². The minimum atomic E-state index is -1.04. The van der Waals surface area contributed by atoms with E-state index >= 15 is 0 Å². The Morgan fingerprint density at radius 1 is 1.18 bits per heavy atom. The van der Waals surface area contributed by atoms with E-state index in [2.05, 4.69) is 25.3 Å². The van der Waals surface area contributed by atoms with Crippen molar-refractivity contribution in [3.05, 3.63) is 47.2 Å². The van der Waals surface area contributed by atoms with Crippen LogP contribution < -0.4 is 5.32 Å². The van der Waals surface area contributed by atoms with Gasteiger partial charge in [-0.1, -0.05) is 17.4 Å². The van der Waals surface area contributed by atoms with Gasteiger partial charge in [0.05, 0.1) is 5.69 Å². The van der Waals surface area contributed by atoms with Crippen LogP contribution in [0.15, 0.2) is 36.7 Å². The maximum absolute atomic E-state index is 11.4. The molecule has 0 aliphatic rings. The average Bonchev–Trinajstić information content (AvgIpc) is 2.92. The molecule has 0 aliphatic heterocycles. The van der Waals surface area contributed by atoms with E-state index < -0.39 is 5.97 Å². The molecule has 8 heteroatoms. The van der Waals surface area contributed by atoms with Gasteiger partial charge in [0.15, 0.2) is 5.13 Å². The molecule has 2 N–H and O–H groups in total. The third-order valence-electron chi connectivity index (χ3n) is 2.74. The van der Waals surface area contributed by atoms with Crippen molar-refractivity contribution >= 4 is 28.4 Å². The number of hydrogen-bond donors (Lipinski definition) is 2. The molecule has 0 radical (unpaired) electrons. The summed E-state index contributed by atoms with van der Waals surface area (Å²) in [5.74, 6) is -0.685. The Kier molecular flexibility index (Phi) is 3.75. The quantitative estimate of drug-likeness (QED) is 0.763. The third kappa shape index (κ3) is 2.91. The van der Waals surface area contributed by atoms with Crippen LogP contribution in [-0.4, -0.2) is 31.0 Å². The fraction of sp³-hybridized carbons (Fsp3) is 0.0714. The Bertz CT molecular complexity index is 819. The van der Waals surface area contributed by atoms with Crippen molar-refractivity contribution < 1.29 is 9.90 Å². The molecule has 110 valence electrons. The zero-order valence-corrected chi connectivity index (χ0v) is 12.3. The monoisotopic (exact) mass is 313 g/mol. The van der Waals surface area contributed by atoms with E-state index in [1.165, 1.54) is 0 Å². The molecule has 3 aromatic heterocycles. The molecule has 7 nitrogen and oxygen atoms in total. The lowest BCUT2D eigenvalue weighted by molar-refractivity contribution is 0.0702. The lowest BCUT2D eigenvalue weighted by Crippen LogP contribution is -1.97. The number of anilines is 2. The molecule has 3 heterocycles. The number of rotatable bonds is 4. The van der Waals surface area contributed by atoms with Gasteiger partial charge in [0, 0.05) is 18.1 Å². The van der Waals surface area contributed by atoms with E-state index in [1.54, 1.807) is 24.5 Å². The first kappa shape index (κ1) is 14.1. The largest absolute Gasteiger partial charge is 0.477 e. The van der Waals surface area contributed by atoms with Crippen molar-refractivity contribution in [1.29, 1.82) is 0 Å². The lowest BCUT2D eigenvalue weighted by Gasteiger charge is -1.99. The van der Waals surface area contributed by atoms with Crippen LogP contribution in [0.25, 0.3) is 11.4 Å². The van der Waals surface area contributed by atoms with Crippen molar-refractivity contribution in [2.24, 2.45) is 0 Å². The van der Waals surface area contributed by atoms with Gasteiger partial charge in [-0.3, -0.25) is 4.98 Å². The molecule has 3 rings (SSSR count). The van der Waals surface area contributed by atoms with E-state index in [-0.39, 0.29) is 4.88 Å². The van der Waals surface area contributed by atoms with Crippen LogP contribution in [-0.2, 0) is 0 Å². The van der Waals surface area contributed by atoms with Crippen LogP contribution >= 0.6 is 11.3 Å². The molecule has 0 saturated carbocycles. The van der Waals surface area contributed by atoms with Crippen LogP contribution in [0.4, 0.5) is 11.1 Å². The summed E-state index contributed by atoms with van der Waals surface area (Å²) in [5.41, 5.74) is 1.65. The topological polar surface area (TPSA) is 101 Å². The van der Waals surface area contributed by atoms with E-state index in [4.69, 9.17) is 0 Å². The van der Waals surface area contributed by atoms with Gasteiger partial charge in [-0.15, -0.1) is 0 Å². The first-order valence-corrected chi connectivity index (χ1v) is 7.17. The minimum Gasteiger partial charge on any atom is -0.477 e. The van der Waals surface area contributed by atoms with Crippen molar-refractivity contribution in [2.75, 3.05) is 5.32 Å². The van der Waals surface area contributed by atoms with Crippen molar-refractivity contribution in [3.63, 3.8) is 0 Å². The number of aryl methyl sites for hydroxylation is 1. The second kappa shape index (κ2) is 5.86. The van der Waals surface area contributed by atoms with Crippen molar-refractivity contribution in [1.82, 2.24) is 19.9 Å². The molecule has 22 heavy (non-hydrogen) atoms. The predicted octanol–water partition coefficient (Wildman–Crippen LogP) is 2.75. The van der Waals surface area contributed by atoms with E-state index in [1.807, 2.05) is 19.1 Å². The van der Waals surface area contributed by atoms with Gasteiger partial charge in [-0.05, 0) is 25.1 Å². The molecule has 0 aromatic carbocycles. The Morgan fingerprint density at radius 2 is 1.95 bits per heavy atom. The Morgan fingerprint density at radius 3 is 2.64 bits per heavy atom. The van der Waals surface area contributed by atoms with Crippen LogP contribution in [0.1, 0.15) is 15.4 Å². The highest BCUT2D eigenvalue weighted by Crippen LogP contribution is 2.31. The number of pyridine rings is 1. The van der Waals surface area contributed by atoms with Gasteiger partial charge in [0.2, 0.25) is 5.95 Å². The van der Waals surface area contributed by atoms with Crippen LogP contribution in [0, 0.1) is 6.92 Å². The maximum Gasteiger partial charge on any atom is 0.348 e. The second-order valence-electron chi connectivity index (χ2n) is 4.36. The van der Waals surface area contributed by atoms with Crippen molar-refractivity contribution in [2.45, 2.75) is 6.92 Å². The average molecular weight is 313 g/mol. The molecular formula is C14H11N5O2S. The summed E-state index contributed by atoms with van der Waals surface area (Å²) in [6.45, 7) is 1.84. The smallest absolute Gasteiger partial charge is 0.348 e. The normalized spacial score (nSPS) is 10.4. The Balaban J connectivity index is 2.01. The molecular weight excluding hydrogens is 302 g/mol. The highest BCUT2D eigenvalue weighted by molar-refractivity contribution is 7.17. The number of aromatic carboxylic acids is 1. The molecule has 0 amide bonds. The summed E-state index contributed by atoms with van der Waals surface area (Å²) in [6, 6.07) is 7.08. The SMILES string of the molecule is Cc1cccc(-c2nc(Nc3ncccn3)sc2C(=O)O)n1. The Hall–Kier alpha value is -2.87. The van der Waals surface area contributed by atoms with Crippen LogP contribution in [0.2, 0.25) is 0 Å². The fourth-order valence-corrected chi connectivity index (χ4v) is 2.63. The maximum atomic E-state index is 11.4. The highest BCUT2D eigenvalue weighted by atomic mass is 32.1. The van der Waals surface area contributed by atoms with Gasteiger partial charge >= 0.3 is 5.97 Å². The number of nitrogens with zero attached hydrogens (tertiary/aromatic N) is 4. The van der Waals surface area contributed by atoms with Gasteiger partial charge in [0.25, 0.3) is 0 Å². The number of hydrogen-bond acceptors (Lipinski definition) is 7. The molecule has 0 atom stereocenters. The molecule has 0 unspecified atom stereocenters. The predicted molar refractivity (Wildman–Crippen MR) is 82.4 cm³/mol. The number of carboxylic acids is 1. The molecule has 0 aliphatic carbocycles. The molecule has 0 bridgehead atoms. The van der Waals surface area contributed by atoms with Crippen LogP contribution in [0.5, 0.6) is 0 Å². The second-order valence-corrected chi connectivity index (χ2v) is 5.36. The zero-order chi connectivity index (χ0) is 15.5. The summed E-state index contributed by atoms with van der Waals surface area (Å²) in [7, 11) is 0. The van der Waals surface area contributed by atoms with E-state index in [0.29, 0.717) is 22.5 Å². The van der Waals surface area contributed by atoms with E-state index in [0.717, 1.165) is 17.0 Å². The van der Waals surface area contributed by atoms with Gasteiger partial charge in [0.1, 0.15) is 10.6 Å². The molecule has 0 spiro atoms. The minimum absolute atomic E-state index is 0.122. The number of thiazole rings is 1. The number of aromatic nitrogens is 4. The first-order chi connectivity index (χ1) is 10.6. The van der Waals surface area contributed by atoms with Crippen molar-refractivity contribution in [3.8, 4) is 11.4 Å². The third-order valence-corrected chi connectivity index (χ3v) is 3.70. The number of nitrogens with one attached hydrogen (secondary N) is 1. The summed E-state index contributed by atoms with van der Waals surface area (Å²) in [6.07, 6.45) is 3.17. The number of carbonyl (C=O) groups is 1. The first-order valence-electron chi connectivity index (χ1n) is 6.35. The summed E-state index contributed by atoms with van der Waals surface area (Å²) in [5, 5.41) is 12.7. The van der Waals surface area contributed by atoms with Gasteiger partial charge < -0.3 is 10.4 Å². The molecule has 0 fully saturated rings. The van der Waals surface area contributed by atoms with Gasteiger partial charge in [-0.25, -0.2) is 19.7 Å². The zero-order valence-electron chi connectivity index (χ0n) is 11.5. The molecule has 0 saturated heterocycles. The standard InChI is InChI=1S/C14H11N5O2S/c1-8-4-2-5-9(17-8)10-11(12(20)21)22-14(18-10)19-13-15-6-3-7-16-13/h2-7H,1H3,(H,20,21)(H,15,16,18,19).